The predicted octanol–water partition coefficient (Wildman–Crippen LogP) is 4.76. The summed E-state index contributed by atoms with van der Waals surface area (Å²) >= 11 is 0. The smallest absolute Gasteiger partial charge is 0.309 e. The van der Waals surface area contributed by atoms with Gasteiger partial charge in [-0.2, -0.15) is 0 Å². The fourth-order valence-corrected chi connectivity index (χ4v) is 5.41. The Bertz CT molecular complexity index is 1160. The summed E-state index contributed by atoms with van der Waals surface area (Å²) in [5.74, 6) is -0.406. The zero-order valence-corrected chi connectivity index (χ0v) is 25.0. The van der Waals surface area contributed by atoms with Gasteiger partial charge < -0.3 is 19.6 Å². The molecule has 206 valence electrons. The van der Waals surface area contributed by atoms with Crippen LogP contribution >= 0.6 is 0 Å². The van der Waals surface area contributed by atoms with Crippen LogP contribution in [0.2, 0.25) is 18.1 Å². The second kappa shape index (κ2) is 12.4. The third-order valence-electron chi connectivity index (χ3n) is 6.72. The van der Waals surface area contributed by atoms with Crippen molar-refractivity contribution in [1.29, 1.82) is 0 Å². The van der Waals surface area contributed by atoms with Gasteiger partial charge in [0.25, 0.3) is 0 Å². The van der Waals surface area contributed by atoms with E-state index in [2.05, 4.69) is 50.8 Å². The van der Waals surface area contributed by atoms with E-state index in [0.717, 1.165) is 29.4 Å². The lowest BCUT2D eigenvalue weighted by atomic mass is 10.0. The molecule has 0 aromatic heterocycles. The summed E-state index contributed by atoms with van der Waals surface area (Å²) in [5, 5.41) is 13.7. The molecule has 2 rings (SSSR count). The van der Waals surface area contributed by atoms with Gasteiger partial charge in [-0.25, -0.2) is 8.42 Å². The van der Waals surface area contributed by atoms with E-state index in [4.69, 9.17) is 9.16 Å². The van der Waals surface area contributed by atoms with Crippen LogP contribution in [0.1, 0.15) is 50.5 Å². The molecule has 37 heavy (non-hydrogen) atoms. The SMILES string of the molecule is COC(=O)Cc1ccc(C[C@@H](C)NC[C@@H](O[Si](C)(C)C(C)(C)C)c2ccc(O)c(NS(C)(=O)=O)c2)cc1. The Balaban J connectivity index is 2.20. The van der Waals surface area contributed by atoms with E-state index in [9.17, 15) is 18.3 Å². The summed E-state index contributed by atoms with van der Waals surface area (Å²) < 4.78 is 37.4. The number of sulfonamides is 1. The quantitative estimate of drug-likeness (QED) is 0.198. The zero-order valence-electron chi connectivity index (χ0n) is 23.2. The Morgan fingerprint density at radius 1 is 1.08 bits per heavy atom. The van der Waals surface area contributed by atoms with E-state index >= 15 is 0 Å². The maximum atomic E-state index is 11.8. The second-order valence-corrected chi connectivity index (χ2v) is 17.6. The van der Waals surface area contributed by atoms with E-state index in [1.54, 1.807) is 12.1 Å². The molecule has 10 heteroatoms. The van der Waals surface area contributed by atoms with Crippen LogP contribution in [0, 0.1) is 0 Å². The molecule has 0 fully saturated rings. The van der Waals surface area contributed by atoms with Gasteiger partial charge in [0, 0.05) is 12.6 Å². The Kier molecular flexibility index (Phi) is 10.4. The monoisotopic (exact) mass is 550 g/mol. The summed E-state index contributed by atoms with van der Waals surface area (Å²) in [6, 6.07) is 12.9. The number of hydrogen-bond donors (Lipinski definition) is 3. The van der Waals surface area contributed by atoms with Gasteiger partial charge in [-0.05, 0) is 60.3 Å². The van der Waals surface area contributed by atoms with Gasteiger partial charge in [0.2, 0.25) is 10.0 Å². The fraction of sp³-hybridized carbons (Fsp3) is 0.519. The van der Waals surface area contributed by atoms with E-state index < -0.39 is 18.3 Å². The van der Waals surface area contributed by atoms with E-state index in [1.165, 1.54) is 13.2 Å². The van der Waals surface area contributed by atoms with Crippen molar-refractivity contribution >= 4 is 30.0 Å². The molecule has 0 amide bonds. The molecule has 0 spiro atoms. The Labute approximate surface area is 223 Å². The lowest BCUT2D eigenvalue weighted by molar-refractivity contribution is -0.139. The topological polar surface area (TPSA) is 114 Å². The van der Waals surface area contributed by atoms with Crippen molar-refractivity contribution in [2.75, 3.05) is 24.6 Å². The van der Waals surface area contributed by atoms with Crippen LogP contribution < -0.4 is 10.0 Å². The number of phenols is 1. The average Bonchev–Trinajstić information content (AvgIpc) is 2.77. The number of carbonyl (C=O) groups is 1. The maximum absolute atomic E-state index is 11.8. The molecule has 0 aliphatic rings. The van der Waals surface area contributed by atoms with Gasteiger partial charge in [0.05, 0.1) is 31.6 Å². The standard InChI is InChI=1S/C27H42N2O6SSi/c1-19(15-20-9-11-21(12-10-20)16-26(31)34-5)28-18-25(35-37(7,8)27(2,3)4)22-13-14-24(30)23(17-22)29-36(6,32)33/h9-14,17,19,25,28-30H,15-16,18H2,1-8H3/t19-,25-/m1/s1. The molecule has 3 N–H and O–H groups in total. The average molecular weight is 551 g/mol. The highest BCUT2D eigenvalue weighted by molar-refractivity contribution is 7.92. The number of phenolic OH excluding ortho intramolecular Hbond substituents is 1. The Hall–Kier alpha value is -2.40. The first-order valence-corrected chi connectivity index (χ1v) is 17.2. The highest BCUT2D eigenvalue weighted by atomic mass is 32.2. The molecule has 2 aromatic carbocycles. The molecule has 0 unspecified atom stereocenters. The number of nitrogens with one attached hydrogen (secondary N) is 2. The van der Waals surface area contributed by atoms with Crippen LogP contribution in [0.15, 0.2) is 42.5 Å². The number of carbonyl (C=O) groups excluding carboxylic acids is 1. The molecular formula is C27H42N2O6SSi. The third kappa shape index (κ3) is 9.77. The molecule has 0 radical (unpaired) electrons. The maximum Gasteiger partial charge on any atom is 0.309 e. The minimum Gasteiger partial charge on any atom is -0.506 e. The van der Waals surface area contributed by atoms with Gasteiger partial charge in [0.15, 0.2) is 8.32 Å². The van der Waals surface area contributed by atoms with Crippen molar-refractivity contribution in [3.8, 4) is 5.75 Å². The molecule has 0 bridgehead atoms. The van der Waals surface area contributed by atoms with Gasteiger partial charge in [-0.1, -0.05) is 51.1 Å². The van der Waals surface area contributed by atoms with Crippen molar-refractivity contribution < 1.29 is 27.5 Å². The number of ether oxygens (including phenoxy) is 1. The molecule has 8 nitrogen and oxygen atoms in total. The first kappa shape index (κ1) is 30.8. The molecule has 2 aromatic rings. The number of methoxy groups -OCH3 is 1. The van der Waals surface area contributed by atoms with Crippen molar-refractivity contribution in [2.45, 2.75) is 70.8 Å². The first-order chi connectivity index (χ1) is 17.0. The summed E-state index contributed by atoms with van der Waals surface area (Å²) in [6.45, 7) is 13.5. The van der Waals surface area contributed by atoms with Crippen LogP contribution in [0.4, 0.5) is 5.69 Å². The summed E-state index contributed by atoms with van der Waals surface area (Å²) in [4.78, 5) is 11.5. The largest absolute Gasteiger partial charge is 0.506 e. The number of hydrogen-bond acceptors (Lipinski definition) is 7. The first-order valence-electron chi connectivity index (χ1n) is 12.4. The molecule has 2 atom stereocenters. The zero-order chi connectivity index (χ0) is 28.0. The third-order valence-corrected chi connectivity index (χ3v) is 11.8. The summed E-state index contributed by atoms with van der Waals surface area (Å²) in [6.07, 6.45) is 1.74. The second-order valence-electron chi connectivity index (χ2n) is 11.1. The molecule has 0 heterocycles. The van der Waals surface area contributed by atoms with Gasteiger partial charge in [-0.15, -0.1) is 0 Å². The van der Waals surface area contributed by atoms with Crippen molar-refractivity contribution in [3.05, 3.63) is 59.2 Å². The highest BCUT2D eigenvalue weighted by Crippen LogP contribution is 2.40. The Morgan fingerprint density at radius 2 is 1.68 bits per heavy atom. The minimum absolute atomic E-state index is 0.0203. The molecule has 0 aliphatic carbocycles. The van der Waals surface area contributed by atoms with Crippen LogP contribution in [0.5, 0.6) is 5.75 Å². The van der Waals surface area contributed by atoms with E-state index in [-0.39, 0.29) is 41.0 Å². The van der Waals surface area contributed by atoms with Crippen LogP contribution in [-0.2, 0) is 36.8 Å². The lowest BCUT2D eigenvalue weighted by Gasteiger charge is -2.40. The van der Waals surface area contributed by atoms with E-state index in [1.807, 2.05) is 24.3 Å². The van der Waals surface area contributed by atoms with Gasteiger partial charge in [0.1, 0.15) is 5.75 Å². The predicted molar refractivity (Wildman–Crippen MR) is 151 cm³/mol. The van der Waals surface area contributed by atoms with Crippen molar-refractivity contribution in [1.82, 2.24) is 5.32 Å². The number of rotatable bonds is 12. The molecule has 0 saturated carbocycles. The van der Waals surface area contributed by atoms with Crippen LogP contribution in [0.3, 0.4) is 0 Å². The summed E-state index contributed by atoms with van der Waals surface area (Å²) in [7, 11) is -4.35. The lowest BCUT2D eigenvalue weighted by Crippen LogP contribution is -2.44. The fourth-order valence-electron chi connectivity index (χ4n) is 3.56. The van der Waals surface area contributed by atoms with Crippen molar-refractivity contribution in [3.63, 3.8) is 0 Å². The number of benzene rings is 2. The number of esters is 1. The highest BCUT2D eigenvalue weighted by Gasteiger charge is 2.39. The Morgan fingerprint density at radius 3 is 2.22 bits per heavy atom. The molecular weight excluding hydrogens is 508 g/mol. The van der Waals surface area contributed by atoms with Gasteiger partial charge >= 0.3 is 5.97 Å². The van der Waals surface area contributed by atoms with Crippen LogP contribution in [0.25, 0.3) is 0 Å². The molecule has 0 saturated heterocycles. The normalized spacial score (nSPS) is 14.2. The van der Waals surface area contributed by atoms with Crippen molar-refractivity contribution in [2.24, 2.45) is 0 Å². The van der Waals surface area contributed by atoms with E-state index in [0.29, 0.717) is 6.54 Å². The minimum atomic E-state index is -3.56. The van der Waals surface area contributed by atoms with Crippen LogP contribution in [-0.4, -0.2) is 53.8 Å². The van der Waals surface area contributed by atoms with Gasteiger partial charge in [-0.3, -0.25) is 9.52 Å². The number of aromatic hydroxyl groups is 1. The summed E-state index contributed by atoms with van der Waals surface area (Å²) in [5.41, 5.74) is 2.95. The molecule has 0 aliphatic heterocycles. The number of anilines is 1.